The Kier molecular flexibility index (Phi) is 5.23. The maximum Gasteiger partial charge on any atom is 0.161 e. The molecule has 2 nitrogen and oxygen atoms in total. The van der Waals surface area contributed by atoms with Crippen molar-refractivity contribution in [2.75, 3.05) is 0 Å². The van der Waals surface area contributed by atoms with Crippen molar-refractivity contribution in [3.05, 3.63) is 0 Å². The Labute approximate surface area is 81.7 Å². The molecule has 0 radical (unpaired) electrons. The number of ketones is 1. The fourth-order valence-corrected chi connectivity index (χ4v) is 1.20. The van der Waals surface area contributed by atoms with Gasteiger partial charge < -0.3 is 4.74 Å². The molecule has 0 amide bonds. The van der Waals surface area contributed by atoms with Gasteiger partial charge in [0.15, 0.2) is 5.78 Å². The molecule has 0 aliphatic heterocycles. The van der Waals surface area contributed by atoms with Crippen LogP contribution < -0.4 is 0 Å². The van der Waals surface area contributed by atoms with E-state index in [0.29, 0.717) is 6.42 Å². The van der Waals surface area contributed by atoms with E-state index in [9.17, 15) is 4.79 Å². The Morgan fingerprint density at radius 3 is 2.15 bits per heavy atom. The molecule has 0 saturated heterocycles. The molecule has 0 unspecified atom stereocenters. The highest BCUT2D eigenvalue weighted by atomic mass is 16.5. The van der Waals surface area contributed by atoms with Crippen LogP contribution in [0.2, 0.25) is 0 Å². The summed E-state index contributed by atoms with van der Waals surface area (Å²) in [7, 11) is 0. The summed E-state index contributed by atoms with van der Waals surface area (Å²) in [4.78, 5) is 11.5. The van der Waals surface area contributed by atoms with E-state index in [-0.39, 0.29) is 17.5 Å². The third kappa shape index (κ3) is 5.81. The first kappa shape index (κ1) is 12.6. The standard InChI is InChI=1S/C11H22O2/c1-6-8-10(9(12)7-2)13-11(3,4)5/h10H,6-8H2,1-5H3/t10-/m1/s1. The molecule has 0 heterocycles. The van der Waals surface area contributed by atoms with Gasteiger partial charge in [-0.15, -0.1) is 0 Å². The summed E-state index contributed by atoms with van der Waals surface area (Å²) >= 11 is 0. The van der Waals surface area contributed by atoms with Gasteiger partial charge >= 0.3 is 0 Å². The van der Waals surface area contributed by atoms with Crippen LogP contribution in [0.25, 0.3) is 0 Å². The van der Waals surface area contributed by atoms with Crippen LogP contribution in [0.5, 0.6) is 0 Å². The van der Waals surface area contributed by atoms with E-state index in [4.69, 9.17) is 4.74 Å². The third-order valence-electron chi connectivity index (χ3n) is 1.75. The molecule has 13 heavy (non-hydrogen) atoms. The van der Waals surface area contributed by atoms with Gasteiger partial charge in [0.2, 0.25) is 0 Å². The molecule has 1 atom stereocenters. The lowest BCUT2D eigenvalue weighted by molar-refractivity contribution is -0.140. The van der Waals surface area contributed by atoms with Crippen molar-refractivity contribution in [2.45, 2.75) is 65.6 Å². The van der Waals surface area contributed by atoms with E-state index in [2.05, 4.69) is 6.92 Å². The summed E-state index contributed by atoms with van der Waals surface area (Å²) in [6.45, 7) is 9.91. The lowest BCUT2D eigenvalue weighted by Gasteiger charge is -2.26. The lowest BCUT2D eigenvalue weighted by atomic mass is 10.1. The van der Waals surface area contributed by atoms with Crippen LogP contribution in [-0.2, 0) is 9.53 Å². The van der Waals surface area contributed by atoms with E-state index in [1.807, 2.05) is 27.7 Å². The fraction of sp³-hybridized carbons (Fsp3) is 0.909. The van der Waals surface area contributed by atoms with Crippen molar-refractivity contribution in [1.82, 2.24) is 0 Å². The van der Waals surface area contributed by atoms with E-state index >= 15 is 0 Å². The average Bonchev–Trinajstić information content (AvgIpc) is 2.00. The fourth-order valence-electron chi connectivity index (χ4n) is 1.20. The molecule has 0 aromatic heterocycles. The molecular weight excluding hydrogens is 164 g/mol. The van der Waals surface area contributed by atoms with Gasteiger partial charge in [-0.25, -0.2) is 0 Å². The van der Waals surface area contributed by atoms with E-state index in [1.165, 1.54) is 0 Å². The van der Waals surface area contributed by atoms with Gasteiger partial charge in [0.25, 0.3) is 0 Å². The number of hydrogen-bond acceptors (Lipinski definition) is 2. The number of ether oxygens (including phenoxy) is 1. The first-order valence-corrected chi connectivity index (χ1v) is 5.11. The molecule has 0 spiro atoms. The minimum absolute atomic E-state index is 0.199. The van der Waals surface area contributed by atoms with Crippen molar-refractivity contribution in [3.63, 3.8) is 0 Å². The Hall–Kier alpha value is -0.370. The maximum atomic E-state index is 11.5. The van der Waals surface area contributed by atoms with Gasteiger partial charge in [0, 0.05) is 6.42 Å². The van der Waals surface area contributed by atoms with Crippen LogP contribution in [0.3, 0.4) is 0 Å². The smallest absolute Gasteiger partial charge is 0.161 e. The highest BCUT2D eigenvalue weighted by Crippen LogP contribution is 2.15. The Morgan fingerprint density at radius 1 is 1.31 bits per heavy atom. The minimum Gasteiger partial charge on any atom is -0.365 e. The van der Waals surface area contributed by atoms with Gasteiger partial charge in [0.1, 0.15) is 6.10 Å². The minimum atomic E-state index is -0.218. The van der Waals surface area contributed by atoms with Crippen LogP contribution in [0.15, 0.2) is 0 Å². The number of rotatable bonds is 5. The molecule has 78 valence electrons. The maximum absolute atomic E-state index is 11.5. The monoisotopic (exact) mass is 186 g/mol. The molecule has 0 saturated carbocycles. The molecule has 0 aromatic rings. The molecule has 0 aliphatic carbocycles. The van der Waals surface area contributed by atoms with Gasteiger partial charge in [0.05, 0.1) is 5.60 Å². The number of carbonyl (C=O) groups excluding carboxylic acids is 1. The second-order valence-corrected chi connectivity index (χ2v) is 4.33. The van der Waals surface area contributed by atoms with Crippen molar-refractivity contribution in [2.24, 2.45) is 0 Å². The predicted molar refractivity (Wildman–Crippen MR) is 54.8 cm³/mol. The van der Waals surface area contributed by atoms with Crippen molar-refractivity contribution < 1.29 is 9.53 Å². The number of Topliss-reactive ketones (excluding diaryl/α,β-unsaturated/α-hetero) is 1. The van der Waals surface area contributed by atoms with Gasteiger partial charge in [-0.2, -0.15) is 0 Å². The van der Waals surface area contributed by atoms with Gasteiger partial charge in [-0.3, -0.25) is 4.79 Å². The summed E-state index contributed by atoms with van der Waals surface area (Å²) in [6, 6.07) is 0. The zero-order valence-electron chi connectivity index (χ0n) is 9.52. The molecule has 0 aliphatic rings. The summed E-state index contributed by atoms with van der Waals surface area (Å²) in [5, 5.41) is 0. The summed E-state index contributed by atoms with van der Waals surface area (Å²) in [5.41, 5.74) is -0.218. The highest BCUT2D eigenvalue weighted by Gasteiger charge is 2.22. The molecule has 0 aromatic carbocycles. The van der Waals surface area contributed by atoms with Crippen LogP contribution >= 0.6 is 0 Å². The van der Waals surface area contributed by atoms with Crippen LogP contribution in [0.1, 0.15) is 53.9 Å². The van der Waals surface area contributed by atoms with Crippen molar-refractivity contribution >= 4 is 5.78 Å². The zero-order valence-corrected chi connectivity index (χ0v) is 9.52. The van der Waals surface area contributed by atoms with Crippen molar-refractivity contribution in [3.8, 4) is 0 Å². The van der Waals surface area contributed by atoms with E-state index in [1.54, 1.807) is 0 Å². The zero-order chi connectivity index (χ0) is 10.5. The third-order valence-corrected chi connectivity index (χ3v) is 1.75. The number of hydrogen-bond donors (Lipinski definition) is 0. The first-order chi connectivity index (χ1) is 5.90. The Bertz CT molecular complexity index is 156. The molecular formula is C11H22O2. The molecule has 0 rings (SSSR count). The normalized spacial score (nSPS) is 14.2. The van der Waals surface area contributed by atoms with Crippen LogP contribution in [0, 0.1) is 0 Å². The Morgan fingerprint density at radius 2 is 1.85 bits per heavy atom. The molecule has 0 bridgehead atoms. The average molecular weight is 186 g/mol. The predicted octanol–water partition coefficient (Wildman–Crippen LogP) is 2.95. The topological polar surface area (TPSA) is 26.3 Å². The second kappa shape index (κ2) is 5.38. The number of carbonyl (C=O) groups is 1. The highest BCUT2D eigenvalue weighted by molar-refractivity contribution is 5.82. The second-order valence-electron chi connectivity index (χ2n) is 4.33. The lowest BCUT2D eigenvalue weighted by Crippen LogP contribution is -2.32. The molecule has 0 fully saturated rings. The largest absolute Gasteiger partial charge is 0.365 e. The molecule has 0 N–H and O–H groups in total. The van der Waals surface area contributed by atoms with Crippen LogP contribution in [-0.4, -0.2) is 17.5 Å². The Balaban J connectivity index is 4.17. The summed E-state index contributed by atoms with van der Waals surface area (Å²) in [5.74, 6) is 0.219. The van der Waals surface area contributed by atoms with Gasteiger partial charge in [-0.1, -0.05) is 20.3 Å². The first-order valence-electron chi connectivity index (χ1n) is 5.11. The SMILES string of the molecule is CCC[C@@H](OC(C)(C)C)C(=O)CC. The van der Waals surface area contributed by atoms with E-state index in [0.717, 1.165) is 12.8 Å². The van der Waals surface area contributed by atoms with Crippen LogP contribution in [0.4, 0.5) is 0 Å². The summed E-state index contributed by atoms with van der Waals surface area (Å²) < 4.78 is 5.68. The van der Waals surface area contributed by atoms with Crippen molar-refractivity contribution in [1.29, 1.82) is 0 Å². The molecule has 2 heteroatoms. The van der Waals surface area contributed by atoms with Gasteiger partial charge in [-0.05, 0) is 27.2 Å². The quantitative estimate of drug-likeness (QED) is 0.660. The summed E-state index contributed by atoms with van der Waals surface area (Å²) in [6.07, 6.45) is 2.20. The van der Waals surface area contributed by atoms with E-state index < -0.39 is 0 Å².